The molecule has 0 spiro atoms. The van der Waals surface area contributed by atoms with Gasteiger partial charge in [0.2, 0.25) is 15.9 Å². The number of thioether (sulfide) groups is 1. The molecule has 1 atom stereocenters. The van der Waals surface area contributed by atoms with Gasteiger partial charge in [0, 0.05) is 31.1 Å². The highest BCUT2D eigenvalue weighted by atomic mass is 32.2. The molecule has 0 aromatic heterocycles. The summed E-state index contributed by atoms with van der Waals surface area (Å²) in [7, 11) is -3.33. The Labute approximate surface area is 190 Å². The molecule has 1 amide bonds. The van der Waals surface area contributed by atoms with Crippen LogP contribution in [0.3, 0.4) is 0 Å². The molecule has 1 aliphatic heterocycles. The number of piperidine rings is 1. The molecule has 31 heavy (non-hydrogen) atoms. The first-order chi connectivity index (χ1) is 15.0. The summed E-state index contributed by atoms with van der Waals surface area (Å²) in [6.45, 7) is 1.43. The molecule has 168 valence electrons. The van der Waals surface area contributed by atoms with E-state index in [-0.39, 0.29) is 17.6 Å². The Bertz CT molecular complexity index is 905. The van der Waals surface area contributed by atoms with Gasteiger partial charge in [-0.25, -0.2) is 12.7 Å². The SMILES string of the molecule is O=C(NCCSCc1ccccc1)[C@H]1CCCN(S(=O)(=O)CCCc2ccccc2)C1. The number of nitrogens with zero attached hydrogens (tertiary/aromatic N) is 1. The Hall–Kier alpha value is -1.83. The minimum Gasteiger partial charge on any atom is -0.355 e. The van der Waals surface area contributed by atoms with Gasteiger partial charge in [-0.3, -0.25) is 4.79 Å². The fourth-order valence-corrected chi connectivity index (χ4v) is 6.20. The summed E-state index contributed by atoms with van der Waals surface area (Å²) in [5, 5.41) is 2.99. The van der Waals surface area contributed by atoms with E-state index in [0.29, 0.717) is 26.1 Å². The maximum absolute atomic E-state index is 12.8. The second-order valence-electron chi connectivity index (χ2n) is 7.93. The van der Waals surface area contributed by atoms with Crippen LogP contribution in [-0.4, -0.2) is 49.8 Å². The lowest BCUT2D eigenvalue weighted by Gasteiger charge is -2.31. The fraction of sp³-hybridized carbons (Fsp3) is 0.458. The summed E-state index contributed by atoms with van der Waals surface area (Å²) < 4.78 is 27.1. The quantitative estimate of drug-likeness (QED) is 0.519. The minimum absolute atomic E-state index is 0.0236. The van der Waals surface area contributed by atoms with Crippen molar-refractivity contribution in [1.82, 2.24) is 9.62 Å². The van der Waals surface area contributed by atoms with Crippen LogP contribution in [-0.2, 0) is 27.0 Å². The Balaban J connectivity index is 1.37. The van der Waals surface area contributed by atoms with Gasteiger partial charge in [-0.2, -0.15) is 11.8 Å². The molecule has 1 heterocycles. The molecular formula is C24H32N2O3S2. The summed E-state index contributed by atoms with van der Waals surface area (Å²) in [6, 6.07) is 20.2. The van der Waals surface area contributed by atoms with E-state index in [1.54, 1.807) is 11.8 Å². The number of hydrogen-bond donors (Lipinski definition) is 1. The van der Waals surface area contributed by atoms with Crippen molar-refractivity contribution in [3.05, 3.63) is 71.8 Å². The van der Waals surface area contributed by atoms with Crippen molar-refractivity contribution in [3.63, 3.8) is 0 Å². The summed E-state index contributed by atoms with van der Waals surface area (Å²) in [4.78, 5) is 12.6. The van der Waals surface area contributed by atoms with Crippen molar-refractivity contribution in [2.24, 2.45) is 5.92 Å². The number of hydrogen-bond acceptors (Lipinski definition) is 4. The summed E-state index contributed by atoms with van der Waals surface area (Å²) in [5.41, 5.74) is 2.43. The average molecular weight is 461 g/mol. The first-order valence-electron chi connectivity index (χ1n) is 11.0. The van der Waals surface area contributed by atoms with Gasteiger partial charge >= 0.3 is 0 Å². The Morgan fingerprint density at radius 3 is 2.42 bits per heavy atom. The lowest BCUT2D eigenvalue weighted by atomic mass is 9.99. The fourth-order valence-electron chi connectivity index (χ4n) is 3.80. The third kappa shape index (κ3) is 7.98. The molecular weight excluding hydrogens is 428 g/mol. The zero-order valence-electron chi connectivity index (χ0n) is 17.9. The smallest absolute Gasteiger partial charge is 0.224 e. The van der Waals surface area contributed by atoms with E-state index < -0.39 is 10.0 Å². The van der Waals surface area contributed by atoms with Crippen molar-refractivity contribution in [2.75, 3.05) is 31.1 Å². The number of carbonyl (C=O) groups is 1. The van der Waals surface area contributed by atoms with Gasteiger partial charge in [-0.15, -0.1) is 0 Å². The highest BCUT2D eigenvalue weighted by Gasteiger charge is 2.31. The van der Waals surface area contributed by atoms with E-state index in [2.05, 4.69) is 17.4 Å². The minimum atomic E-state index is -3.33. The maximum atomic E-state index is 12.8. The van der Waals surface area contributed by atoms with Gasteiger partial charge < -0.3 is 5.32 Å². The van der Waals surface area contributed by atoms with Crippen LogP contribution in [0.1, 0.15) is 30.4 Å². The van der Waals surface area contributed by atoms with Gasteiger partial charge in [0.05, 0.1) is 11.7 Å². The monoisotopic (exact) mass is 460 g/mol. The molecule has 1 N–H and O–H groups in total. The number of aryl methyl sites for hydroxylation is 1. The van der Waals surface area contributed by atoms with E-state index in [0.717, 1.165) is 36.3 Å². The maximum Gasteiger partial charge on any atom is 0.224 e. The molecule has 0 aliphatic carbocycles. The normalized spacial score (nSPS) is 17.4. The molecule has 0 unspecified atom stereocenters. The predicted octanol–water partition coefficient (Wildman–Crippen LogP) is 3.71. The molecule has 2 aromatic carbocycles. The first kappa shape index (κ1) is 23.8. The van der Waals surface area contributed by atoms with Crippen LogP contribution in [0.2, 0.25) is 0 Å². The Morgan fingerprint density at radius 2 is 1.71 bits per heavy atom. The van der Waals surface area contributed by atoms with Crippen molar-refractivity contribution < 1.29 is 13.2 Å². The number of nitrogens with one attached hydrogen (secondary N) is 1. The van der Waals surface area contributed by atoms with E-state index in [9.17, 15) is 13.2 Å². The molecule has 1 fully saturated rings. The number of benzene rings is 2. The molecule has 0 bridgehead atoms. The summed E-state index contributed by atoms with van der Waals surface area (Å²) >= 11 is 1.79. The van der Waals surface area contributed by atoms with Gasteiger partial charge in [-0.1, -0.05) is 60.7 Å². The van der Waals surface area contributed by atoms with Crippen LogP contribution in [0.15, 0.2) is 60.7 Å². The van der Waals surface area contributed by atoms with E-state index in [1.165, 1.54) is 9.87 Å². The van der Waals surface area contributed by atoms with E-state index >= 15 is 0 Å². The van der Waals surface area contributed by atoms with Crippen LogP contribution >= 0.6 is 11.8 Å². The topological polar surface area (TPSA) is 66.5 Å². The lowest BCUT2D eigenvalue weighted by molar-refractivity contribution is -0.125. The highest BCUT2D eigenvalue weighted by Crippen LogP contribution is 2.20. The number of sulfonamides is 1. The molecule has 1 aliphatic rings. The highest BCUT2D eigenvalue weighted by molar-refractivity contribution is 7.98. The molecule has 7 heteroatoms. The standard InChI is InChI=1S/C24H32N2O3S2/c27-24(25-15-17-30-20-22-11-5-2-6-12-22)23-14-7-16-26(19-23)31(28,29)18-8-13-21-9-3-1-4-10-21/h1-6,9-12,23H,7-8,13-20H2,(H,25,27)/t23-/m0/s1. The predicted molar refractivity (Wildman–Crippen MR) is 128 cm³/mol. The van der Waals surface area contributed by atoms with Crippen molar-refractivity contribution in [3.8, 4) is 0 Å². The van der Waals surface area contributed by atoms with Crippen molar-refractivity contribution in [1.29, 1.82) is 0 Å². The Morgan fingerprint density at radius 1 is 1.03 bits per heavy atom. The molecule has 5 nitrogen and oxygen atoms in total. The molecule has 1 saturated heterocycles. The van der Waals surface area contributed by atoms with Gasteiger partial charge in [0.15, 0.2) is 0 Å². The summed E-state index contributed by atoms with van der Waals surface area (Å²) in [6.07, 6.45) is 2.83. The van der Waals surface area contributed by atoms with Gasteiger partial charge in [0.1, 0.15) is 0 Å². The molecule has 0 saturated carbocycles. The van der Waals surface area contributed by atoms with Gasteiger partial charge in [-0.05, 0) is 36.8 Å². The Kier molecular flexibility index (Phi) is 9.43. The number of amides is 1. The van der Waals surface area contributed by atoms with Crippen LogP contribution in [0, 0.1) is 5.92 Å². The third-order valence-electron chi connectivity index (χ3n) is 5.52. The zero-order valence-corrected chi connectivity index (χ0v) is 19.5. The van der Waals surface area contributed by atoms with E-state index in [1.807, 2.05) is 48.5 Å². The third-order valence-corrected chi connectivity index (χ3v) is 8.47. The van der Waals surface area contributed by atoms with Crippen LogP contribution in [0.5, 0.6) is 0 Å². The number of carbonyl (C=O) groups excluding carboxylic acids is 1. The summed E-state index contributed by atoms with van der Waals surface area (Å²) in [5.74, 6) is 1.62. The van der Waals surface area contributed by atoms with Gasteiger partial charge in [0.25, 0.3) is 0 Å². The van der Waals surface area contributed by atoms with Crippen LogP contribution in [0.4, 0.5) is 0 Å². The molecule has 2 aromatic rings. The van der Waals surface area contributed by atoms with E-state index in [4.69, 9.17) is 0 Å². The first-order valence-corrected chi connectivity index (χ1v) is 13.7. The van der Waals surface area contributed by atoms with Crippen LogP contribution in [0.25, 0.3) is 0 Å². The largest absolute Gasteiger partial charge is 0.355 e. The molecule has 3 rings (SSSR count). The second kappa shape index (κ2) is 12.3. The molecule has 0 radical (unpaired) electrons. The zero-order chi connectivity index (χ0) is 21.9. The number of rotatable bonds is 11. The second-order valence-corrected chi connectivity index (χ2v) is 11.1. The van der Waals surface area contributed by atoms with Crippen LogP contribution < -0.4 is 5.32 Å². The average Bonchev–Trinajstić information content (AvgIpc) is 2.80. The lowest BCUT2D eigenvalue weighted by Crippen LogP contribution is -2.46. The van der Waals surface area contributed by atoms with Crippen molar-refractivity contribution >= 4 is 27.7 Å². The van der Waals surface area contributed by atoms with Crippen molar-refractivity contribution in [2.45, 2.75) is 31.4 Å².